The fourth-order valence-corrected chi connectivity index (χ4v) is 1.78. The highest BCUT2D eigenvalue weighted by Gasteiger charge is 2.05. The summed E-state index contributed by atoms with van der Waals surface area (Å²) in [6, 6.07) is 5.80. The molecule has 0 unspecified atom stereocenters. The number of rotatable bonds is 11. The van der Waals surface area contributed by atoms with E-state index in [1.54, 1.807) is 0 Å². The molecular formula is C17H29NO3. The Hall–Kier alpha value is -1.26. The van der Waals surface area contributed by atoms with Gasteiger partial charge in [-0.3, -0.25) is 0 Å². The topological polar surface area (TPSA) is 53.7 Å². The van der Waals surface area contributed by atoms with Gasteiger partial charge in [-0.25, -0.2) is 0 Å². The van der Waals surface area contributed by atoms with Crippen LogP contribution in [0, 0.1) is 5.92 Å². The van der Waals surface area contributed by atoms with Gasteiger partial charge in [0.25, 0.3) is 0 Å². The Bertz CT molecular complexity index is 394. The minimum Gasteiger partial charge on any atom is -0.493 e. The minimum atomic E-state index is 0.456. The van der Waals surface area contributed by atoms with E-state index < -0.39 is 0 Å². The Morgan fingerprint density at radius 2 is 1.86 bits per heavy atom. The molecule has 1 aromatic rings. The molecule has 0 spiro atoms. The zero-order valence-electron chi connectivity index (χ0n) is 13.6. The monoisotopic (exact) mass is 295 g/mol. The van der Waals surface area contributed by atoms with Crippen molar-refractivity contribution in [3.8, 4) is 11.5 Å². The van der Waals surface area contributed by atoms with E-state index in [9.17, 15) is 0 Å². The van der Waals surface area contributed by atoms with Crippen molar-refractivity contribution < 1.29 is 14.2 Å². The van der Waals surface area contributed by atoms with Gasteiger partial charge in [0.15, 0.2) is 0 Å². The summed E-state index contributed by atoms with van der Waals surface area (Å²) in [5.41, 5.74) is 6.72. The zero-order valence-corrected chi connectivity index (χ0v) is 13.6. The standard InChI is InChI=1S/C17H29NO3/c1-4-8-20-16-6-5-15(13-18)17(12-16)21-11-10-19-9-7-14(2)3/h5-6,12,14H,4,7-11,13,18H2,1-3H3. The Labute approximate surface area is 128 Å². The molecule has 0 saturated heterocycles. The highest BCUT2D eigenvalue weighted by atomic mass is 16.5. The van der Waals surface area contributed by atoms with E-state index in [0.29, 0.717) is 32.3 Å². The van der Waals surface area contributed by atoms with Crippen LogP contribution in [0.25, 0.3) is 0 Å². The van der Waals surface area contributed by atoms with Crippen molar-refractivity contribution in [2.75, 3.05) is 26.4 Å². The van der Waals surface area contributed by atoms with Gasteiger partial charge in [-0.15, -0.1) is 0 Å². The average molecular weight is 295 g/mol. The van der Waals surface area contributed by atoms with Crippen molar-refractivity contribution in [1.29, 1.82) is 0 Å². The molecule has 0 saturated carbocycles. The normalized spacial score (nSPS) is 10.9. The fraction of sp³-hybridized carbons (Fsp3) is 0.647. The molecular weight excluding hydrogens is 266 g/mol. The van der Waals surface area contributed by atoms with E-state index >= 15 is 0 Å². The van der Waals surface area contributed by atoms with E-state index in [0.717, 1.165) is 36.5 Å². The number of ether oxygens (including phenoxy) is 3. The molecule has 0 atom stereocenters. The maximum Gasteiger partial charge on any atom is 0.127 e. The van der Waals surface area contributed by atoms with Crippen molar-refractivity contribution in [1.82, 2.24) is 0 Å². The first-order valence-electron chi connectivity index (χ1n) is 7.83. The van der Waals surface area contributed by atoms with E-state index in [4.69, 9.17) is 19.9 Å². The lowest BCUT2D eigenvalue weighted by atomic mass is 10.1. The molecule has 0 aliphatic rings. The maximum absolute atomic E-state index is 5.77. The van der Waals surface area contributed by atoms with E-state index in [1.165, 1.54) is 0 Å². The first-order chi connectivity index (χ1) is 10.2. The molecule has 0 amide bonds. The first kappa shape index (κ1) is 17.8. The molecule has 4 heteroatoms. The van der Waals surface area contributed by atoms with E-state index in [2.05, 4.69) is 20.8 Å². The van der Waals surface area contributed by atoms with Gasteiger partial charge in [-0.1, -0.05) is 26.8 Å². The zero-order chi connectivity index (χ0) is 15.5. The lowest BCUT2D eigenvalue weighted by Crippen LogP contribution is -2.10. The number of hydrogen-bond donors (Lipinski definition) is 1. The lowest BCUT2D eigenvalue weighted by Gasteiger charge is -2.13. The van der Waals surface area contributed by atoms with Gasteiger partial charge < -0.3 is 19.9 Å². The van der Waals surface area contributed by atoms with Gasteiger partial charge in [0.05, 0.1) is 13.2 Å². The van der Waals surface area contributed by atoms with Crippen LogP contribution >= 0.6 is 0 Å². The molecule has 0 heterocycles. The second-order valence-electron chi connectivity index (χ2n) is 5.47. The van der Waals surface area contributed by atoms with Crippen molar-refractivity contribution in [3.05, 3.63) is 23.8 Å². The number of nitrogens with two attached hydrogens (primary N) is 1. The summed E-state index contributed by atoms with van der Waals surface area (Å²) < 4.78 is 16.9. The van der Waals surface area contributed by atoms with Crippen molar-refractivity contribution in [3.63, 3.8) is 0 Å². The predicted molar refractivity (Wildman–Crippen MR) is 85.9 cm³/mol. The van der Waals surface area contributed by atoms with Crippen LogP contribution < -0.4 is 15.2 Å². The summed E-state index contributed by atoms with van der Waals surface area (Å²) in [4.78, 5) is 0. The minimum absolute atomic E-state index is 0.456. The van der Waals surface area contributed by atoms with Gasteiger partial charge in [-0.05, 0) is 24.8 Å². The Kier molecular flexibility index (Phi) is 8.87. The summed E-state index contributed by atoms with van der Waals surface area (Å²) in [5, 5.41) is 0. The molecule has 4 nitrogen and oxygen atoms in total. The van der Waals surface area contributed by atoms with Gasteiger partial charge in [0.1, 0.15) is 18.1 Å². The Balaban J connectivity index is 2.40. The molecule has 0 bridgehead atoms. The van der Waals surface area contributed by atoms with Crippen LogP contribution in [0.5, 0.6) is 11.5 Å². The summed E-state index contributed by atoms with van der Waals surface area (Å²) in [7, 11) is 0. The third-order valence-electron chi connectivity index (χ3n) is 3.06. The van der Waals surface area contributed by atoms with Crippen LogP contribution in [0.1, 0.15) is 39.2 Å². The Morgan fingerprint density at radius 1 is 1.05 bits per heavy atom. The summed E-state index contributed by atoms with van der Waals surface area (Å²) in [6.07, 6.45) is 2.06. The van der Waals surface area contributed by atoms with Crippen molar-refractivity contribution >= 4 is 0 Å². The van der Waals surface area contributed by atoms with Crippen LogP contribution in [0.3, 0.4) is 0 Å². The molecule has 0 radical (unpaired) electrons. The van der Waals surface area contributed by atoms with Gasteiger partial charge in [0, 0.05) is 24.8 Å². The second-order valence-corrected chi connectivity index (χ2v) is 5.47. The maximum atomic E-state index is 5.77. The van der Waals surface area contributed by atoms with Crippen molar-refractivity contribution in [2.24, 2.45) is 11.7 Å². The fourth-order valence-electron chi connectivity index (χ4n) is 1.78. The van der Waals surface area contributed by atoms with Crippen LogP contribution in [0.2, 0.25) is 0 Å². The Morgan fingerprint density at radius 3 is 2.52 bits per heavy atom. The summed E-state index contributed by atoms with van der Waals surface area (Å²) >= 11 is 0. The molecule has 0 aliphatic carbocycles. The first-order valence-corrected chi connectivity index (χ1v) is 7.83. The molecule has 120 valence electrons. The smallest absolute Gasteiger partial charge is 0.127 e. The molecule has 2 N–H and O–H groups in total. The quantitative estimate of drug-likeness (QED) is 0.636. The highest BCUT2D eigenvalue weighted by molar-refractivity contribution is 5.40. The highest BCUT2D eigenvalue weighted by Crippen LogP contribution is 2.24. The third-order valence-corrected chi connectivity index (χ3v) is 3.06. The summed E-state index contributed by atoms with van der Waals surface area (Å²) in [5.74, 6) is 2.28. The second kappa shape index (κ2) is 10.5. The number of hydrogen-bond acceptors (Lipinski definition) is 4. The van der Waals surface area contributed by atoms with Crippen LogP contribution in [0.15, 0.2) is 18.2 Å². The third kappa shape index (κ3) is 7.34. The van der Waals surface area contributed by atoms with Gasteiger partial charge in [-0.2, -0.15) is 0 Å². The van der Waals surface area contributed by atoms with E-state index in [-0.39, 0.29) is 0 Å². The molecule has 0 aliphatic heterocycles. The van der Waals surface area contributed by atoms with Crippen LogP contribution in [-0.4, -0.2) is 26.4 Å². The lowest BCUT2D eigenvalue weighted by molar-refractivity contribution is 0.0922. The van der Waals surface area contributed by atoms with Crippen LogP contribution in [-0.2, 0) is 11.3 Å². The molecule has 21 heavy (non-hydrogen) atoms. The average Bonchev–Trinajstić information content (AvgIpc) is 2.48. The van der Waals surface area contributed by atoms with Crippen molar-refractivity contribution in [2.45, 2.75) is 40.2 Å². The molecule has 1 aromatic carbocycles. The van der Waals surface area contributed by atoms with Gasteiger partial charge >= 0.3 is 0 Å². The van der Waals surface area contributed by atoms with Gasteiger partial charge in [0.2, 0.25) is 0 Å². The molecule has 0 aromatic heterocycles. The summed E-state index contributed by atoms with van der Waals surface area (Å²) in [6.45, 7) is 9.53. The van der Waals surface area contributed by atoms with Crippen LogP contribution in [0.4, 0.5) is 0 Å². The molecule has 1 rings (SSSR count). The SMILES string of the molecule is CCCOc1ccc(CN)c(OCCOCCC(C)C)c1. The molecule has 0 fully saturated rings. The number of benzene rings is 1. The predicted octanol–water partition coefficient (Wildman–Crippen LogP) is 3.38. The van der Waals surface area contributed by atoms with E-state index in [1.807, 2.05) is 18.2 Å². The largest absolute Gasteiger partial charge is 0.493 e.